The Bertz CT molecular complexity index is 985. The number of ether oxygens (including phenoxy) is 2. The van der Waals surface area contributed by atoms with Gasteiger partial charge in [0.05, 0.1) is 26.8 Å². The molecule has 4 rings (SSSR count). The topological polar surface area (TPSA) is 60.6 Å². The molecule has 1 unspecified atom stereocenters. The lowest BCUT2D eigenvalue weighted by molar-refractivity contribution is 0.177. The first-order chi connectivity index (χ1) is 14.6. The predicted molar refractivity (Wildman–Crippen MR) is 115 cm³/mol. The Kier molecular flexibility index (Phi) is 6.04. The highest BCUT2D eigenvalue weighted by Crippen LogP contribution is 2.41. The van der Waals surface area contributed by atoms with Crippen molar-refractivity contribution in [3.8, 4) is 11.5 Å². The Morgan fingerprint density at radius 2 is 1.83 bits per heavy atom. The van der Waals surface area contributed by atoms with E-state index in [2.05, 4.69) is 65.3 Å². The normalized spacial score (nSPS) is 16.5. The Balaban J connectivity index is 1.70. The third-order valence-corrected chi connectivity index (χ3v) is 5.53. The Labute approximate surface area is 177 Å². The van der Waals surface area contributed by atoms with Crippen LogP contribution >= 0.6 is 0 Å². The van der Waals surface area contributed by atoms with Crippen molar-refractivity contribution in [3.63, 3.8) is 0 Å². The van der Waals surface area contributed by atoms with E-state index < -0.39 is 0 Å². The second-order valence-electron chi connectivity index (χ2n) is 8.14. The molecule has 2 heterocycles. The summed E-state index contributed by atoms with van der Waals surface area (Å²) in [5.41, 5.74) is 3.74. The van der Waals surface area contributed by atoms with Crippen LogP contribution in [0, 0.1) is 5.92 Å². The van der Waals surface area contributed by atoms with Crippen LogP contribution in [-0.4, -0.2) is 35.8 Å². The van der Waals surface area contributed by atoms with E-state index in [9.17, 15) is 0 Å². The van der Waals surface area contributed by atoms with E-state index in [1.54, 1.807) is 14.2 Å². The van der Waals surface area contributed by atoms with Gasteiger partial charge in [0.1, 0.15) is 0 Å². The summed E-state index contributed by atoms with van der Waals surface area (Å²) < 4.78 is 16.7. The largest absolute Gasteiger partial charge is 0.493 e. The molecule has 0 amide bonds. The van der Waals surface area contributed by atoms with Crippen LogP contribution < -0.4 is 9.47 Å². The first-order valence-corrected chi connectivity index (χ1v) is 10.4. The van der Waals surface area contributed by atoms with E-state index in [1.807, 2.05) is 6.07 Å². The molecule has 0 saturated carbocycles. The molecular weight excluding hydrogens is 378 g/mol. The number of fused-ring (bicyclic) bond motifs is 1. The van der Waals surface area contributed by atoms with E-state index in [4.69, 9.17) is 14.0 Å². The van der Waals surface area contributed by atoms with Crippen molar-refractivity contribution in [1.82, 2.24) is 15.0 Å². The van der Waals surface area contributed by atoms with Gasteiger partial charge in [-0.2, -0.15) is 4.98 Å². The lowest BCUT2D eigenvalue weighted by atomic mass is 9.87. The quantitative estimate of drug-likeness (QED) is 0.577. The molecule has 158 valence electrons. The number of methoxy groups -OCH3 is 2. The highest BCUT2D eigenvalue weighted by atomic mass is 16.5. The molecular formula is C24H29N3O3. The fourth-order valence-electron chi connectivity index (χ4n) is 4.17. The molecule has 0 bridgehead atoms. The maximum atomic E-state index is 5.60. The summed E-state index contributed by atoms with van der Waals surface area (Å²) in [6.07, 6.45) is 1.75. The lowest BCUT2D eigenvalue weighted by Gasteiger charge is -2.37. The second-order valence-corrected chi connectivity index (χ2v) is 8.14. The molecule has 0 radical (unpaired) electrons. The molecule has 6 heteroatoms. The van der Waals surface area contributed by atoms with Crippen LogP contribution in [0.5, 0.6) is 11.5 Å². The zero-order valence-electron chi connectivity index (χ0n) is 18.1. The number of hydrogen-bond donors (Lipinski definition) is 0. The summed E-state index contributed by atoms with van der Waals surface area (Å²) in [5, 5.41) is 4.16. The van der Waals surface area contributed by atoms with Gasteiger partial charge in [0.25, 0.3) is 0 Å². The van der Waals surface area contributed by atoms with Gasteiger partial charge < -0.3 is 14.0 Å². The van der Waals surface area contributed by atoms with Crippen molar-refractivity contribution < 1.29 is 14.0 Å². The minimum atomic E-state index is 0.0789. The Hall–Kier alpha value is -2.86. The van der Waals surface area contributed by atoms with Gasteiger partial charge in [0, 0.05) is 13.0 Å². The Morgan fingerprint density at radius 1 is 1.10 bits per heavy atom. The smallest absolute Gasteiger partial charge is 0.240 e. The number of hydrogen-bond acceptors (Lipinski definition) is 6. The first-order valence-electron chi connectivity index (χ1n) is 10.4. The van der Waals surface area contributed by atoms with Gasteiger partial charge in [-0.05, 0) is 41.2 Å². The van der Waals surface area contributed by atoms with Crippen LogP contribution in [0.25, 0.3) is 0 Å². The van der Waals surface area contributed by atoms with Crippen LogP contribution in [0.1, 0.15) is 48.3 Å². The van der Waals surface area contributed by atoms with Gasteiger partial charge >= 0.3 is 0 Å². The monoisotopic (exact) mass is 407 g/mol. The molecule has 0 saturated heterocycles. The molecule has 6 nitrogen and oxygen atoms in total. The molecule has 0 N–H and O–H groups in total. The maximum absolute atomic E-state index is 5.60. The molecule has 0 fully saturated rings. The third-order valence-electron chi connectivity index (χ3n) is 5.53. The maximum Gasteiger partial charge on any atom is 0.240 e. The summed E-state index contributed by atoms with van der Waals surface area (Å²) in [4.78, 5) is 7.02. The minimum absolute atomic E-state index is 0.0789. The molecule has 1 aromatic heterocycles. The van der Waals surface area contributed by atoms with Gasteiger partial charge in [-0.1, -0.05) is 49.3 Å². The SMILES string of the molecule is COc1cc2c(cc1OC)C(c1ccccc1)N(Cc1nc(CC(C)C)no1)CC2. The van der Waals surface area contributed by atoms with Crippen molar-refractivity contribution in [1.29, 1.82) is 0 Å². The molecule has 1 atom stereocenters. The summed E-state index contributed by atoms with van der Waals surface area (Å²) in [7, 11) is 3.36. The van der Waals surface area contributed by atoms with Crippen LogP contribution in [0.4, 0.5) is 0 Å². The average Bonchev–Trinajstić information content (AvgIpc) is 3.19. The average molecular weight is 408 g/mol. The third kappa shape index (κ3) is 4.19. The van der Waals surface area contributed by atoms with E-state index >= 15 is 0 Å². The van der Waals surface area contributed by atoms with Crippen molar-refractivity contribution in [2.24, 2.45) is 5.92 Å². The van der Waals surface area contributed by atoms with E-state index in [-0.39, 0.29) is 6.04 Å². The molecule has 0 aliphatic carbocycles. The molecule has 30 heavy (non-hydrogen) atoms. The zero-order valence-corrected chi connectivity index (χ0v) is 18.1. The van der Waals surface area contributed by atoms with Gasteiger partial charge in [-0.25, -0.2) is 0 Å². The summed E-state index contributed by atoms with van der Waals surface area (Å²) in [6, 6.07) is 14.8. The summed E-state index contributed by atoms with van der Waals surface area (Å²) in [5.74, 6) is 3.45. The molecule has 3 aromatic rings. The van der Waals surface area contributed by atoms with E-state index in [0.717, 1.165) is 36.7 Å². The fraction of sp³-hybridized carbons (Fsp3) is 0.417. The van der Waals surface area contributed by atoms with E-state index in [1.165, 1.54) is 16.7 Å². The van der Waals surface area contributed by atoms with Crippen LogP contribution in [0.2, 0.25) is 0 Å². The highest BCUT2D eigenvalue weighted by Gasteiger charge is 2.31. The van der Waals surface area contributed by atoms with Gasteiger partial charge in [-0.3, -0.25) is 4.90 Å². The van der Waals surface area contributed by atoms with Crippen molar-refractivity contribution in [3.05, 3.63) is 70.9 Å². The number of aromatic nitrogens is 2. The van der Waals surface area contributed by atoms with Crippen molar-refractivity contribution >= 4 is 0 Å². The molecule has 0 spiro atoms. The second kappa shape index (κ2) is 8.88. The number of benzene rings is 2. The zero-order chi connectivity index (χ0) is 21.1. The highest BCUT2D eigenvalue weighted by molar-refractivity contribution is 5.51. The summed E-state index contributed by atoms with van der Waals surface area (Å²) >= 11 is 0. The molecule has 1 aliphatic heterocycles. The minimum Gasteiger partial charge on any atom is -0.493 e. The number of rotatable bonds is 7. The van der Waals surface area contributed by atoms with Crippen molar-refractivity contribution in [2.75, 3.05) is 20.8 Å². The first kappa shape index (κ1) is 20.4. The van der Waals surface area contributed by atoms with Gasteiger partial charge in [-0.15, -0.1) is 0 Å². The van der Waals surface area contributed by atoms with Crippen molar-refractivity contribution in [2.45, 2.75) is 39.3 Å². The fourth-order valence-corrected chi connectivity index (χ4v) is 4.17. The van der Waals surface area contributed by atoms with Gasteiger partial charge in [0.2, 0.25) is 5.89 Å². The predicted octanol–water partition coefficient (Wildman–Crippen LogP) is 4.43. The molecule has 1 aliphatic rings. The standard InChI is InChI=1S/C24H29N3O3/c1-16(2)12-22-25-23(30-26-22)15-27-11-10-18-13-20(28-3)21(29-4)14-19(18)24(27)17-8-6-5-7-9-17/h5-9,13-14,16,24H,10-12,15H2,1-4H3. The van der Waals surface area contributed by atoms with Crippen LogP contribution in [0.15, 0.2) is 47.0 Å². The van der Waals surface area contributed by atoms with Crippen LogP contribution in [-0.2, 0) is 19.4 Å². The Morgan fingerprint density at radius 3 is 2.53 bits per heavy atom. The van der Waals surface area contributed by atoms with E-state index in [0.29, 0.717) is 18.4 Å². The summed E-state index contributed by atoms with van der Waals surface area (Å²) in [6.45, 7) is 5.82. The lowest BCUT2D eigenvalue weighted by Crippen LogP contribution is -2.35. The van der Waals surface area contributed by atoms with Gasteiger partial charge in [0.15, 0.2) is 17.3 Å². The molecule has 2 aromatic carbocycles. The van der Waals surface area contributed by atoms with Crippen LogP contribution in [0.3, 0.4) is 0 Å². The number of nitrogens with zero attached hydrogens (tertiary/aromatic N) is 3.